The van der Waals surface area contributed by atoms with E-state index in [4.69, 9.17) is 4.98 Å². The molecule has 0 atom stereocenters. The van der Waals surface area contributed by atoms with Crippen LogP contribution in [0.3, 0.4) is 0 Å². The lowest BCUT2D eigenvalue weighted by molar-refractivity contribution is 1.06. The number of H-pyrrole nitrogens is 2. The number of fused-ring (bicyclic) bond motifs is 1. The Bertz CT molecular complexity index is 1460. The van der Waals surface area contributed by atoms with Crippen LogP contribution in [0.5, 0.6) is 0 Å². The maximum atomic E-state index is 4.79. The molecule has 0 aliphatic heterocycles. The first-order chi connectivity index (χ1) is 14.7. The van der Waals surface area contributed by atoms with Crippen molar-refractivity contribution < 1.29 is 0 Å². The molecule has 2 N–H and O–H groups in total. The average Bonchev–Trinajstić information content (AvgIpc) is 3.52. The number of aromatic amines is 2. The average molecular weight is 411 g/mol. The van der Waals surface area contributed by atoms with Crippen molar-refractivity contribution in [3.63, 3.8) is 0 Å². The molecule has 0 aromatic carbocycles. The minimum absolute atomic E-state index is 0.657. The summed E-state index contributed by atoms with van der Waals surface area (Å²) in [5, 5.41) is 13.2. The lowest BCUT2D eigenvalue weighted by Crippen LogP contribution is -2.21. The van der Waals surface area contributed by atoms with E-state index in [0.717, 1.165) is 44.0 Å². The van der Waals surface area contributed by atoms with E-state index < -0.39 is 0 Å². The van der Waals surface area contributed by atoms with E-state index in [9.17, 15) is 0 Å². The maximum absolute atomic E-state index is 4.79. The second-order valence-corrected chi connectivity index (χ2v) is 7.53. The number of nitrogens with one attached hydrogen (secondary N) is 2. The molecule has 8 heteroatoms. The zero-order valence-corrected chi connectivity index (χ0v) is 16.9. The molecule has 0 unspecified atom stereocenters. The third-order valence-electron chi connectivity index (χ3n) is 4.82. The standard InChI is InChI=1S/C22H17N7S/c1-13(18-10-23-6-7-25-18)3-4-17-14(2)20(29-28-17)22-26-19-11-24-9-16(21(19)27-22)15-5-8-30-12-15/h3-12,28H,2H2,1H3,(H,26,27)/b13-3+,17-4+. The summed E-state index contributed by atoms with van der Waals surface area (Å²) in [5.41, 5.74) is 6.32. The molecule has 0 amide bonds. The first-order valence-corrected chi connectivity index (χ1v) is 10.2. The second kappa shape index (κ2) is 7.49. The van der Waals surface area contributed by atoms with Crippen molar-refractivity contribution in [2.75, 3.05) is 0 Å². The number of thiophene rings is 1. The highest BCUT2D eigenvalue weighted by molar-refractivity contribution is 7.08. The minimum atomic E-state index is 0.657. The second-order valence-electron chi connectivity index (χ2n) is 6.75. The van der Waals surface area contributed by atoms with Gasteiger partial charge in [0.15, 0.2) is 5.82 Å². The summed E-state index contributed by atoms with van der Waals surface area (Å²) in [6.07, 6.45) is 12.6. The number of hydrogen-bond acceptors (Lipinski definition) is 6. The molecule has 0 spiro atoms. The predicted molar refractivity (Wildman–Crippen MR) is 120 cm³/mol. The molecule has 0 radical (unpaired) electrons. The summed E-state index contributed by atoms with van der Waals surface area (Å²) in [5.74, 6) is 0.657. The van der Waals surface area contributed by atoms with E-state index in [1.165, 1.54) is 0 Å². The van der Waals surface area contributed by atoms with Crippen molar-refractivity contribution in [2.45, 2.75) is 6.92 Å². The summed E-state index contributed by atoms with van der Waals surface area (Å²) in [6.45, 7) is 6.18. The molecular weight excluding hydrogens is 394 g/mol. The number of nitrogens with zero attached hydrogens (tertiary/aromatic N) is 5. The quantitative estimate of drug-likeness (QED) is 0.474. The van der Waals surface area contributed by atoms with Crippen molar-refractivity contribution in [3.8, 4) is 22.6 Å². The summed E-state index contributed by atoms with van der Waals surface area (Å²) in [4.78, 5) is 20.9. The number of pyridine rings is 1. The van der Waals surface area contributed by atoms with Gasteiger partial charge in [-0.3, -0.25) is 20.1 Å². The molecule has 30 heavy (non-hydrogen) atoms. The Labute approximate surface area is 175 Å². The molecule has 0 bridgehead atoms. The van der Waals surface area contributed by atoms with Crippen molar-refractivity contribution in [2.24, 2.45) is 0 Å². The first kappa shape index (κ1) is 18.1. The fourth-order valence-electron chi connectivity index (χ4n) is 3.18. The number of rotatable bonds is 4. The molecule has 0 saturated heterocycles. The molecule has 0 aliphatic carbocycles. The van der Waals surface area contributed by atoms with Gasteiger partial charge in [0.2, 0.25) is 0 Å². The van der Waals surface area contributed by atoms with Gasteiger partial charge in [0.05, 0.1) is 29.0 Å². The van der Waals surface area contributed by atoms with Gasteiger partial charge in [-0.15, -0.1) is 0 Å². The van der Waals surface area contributed by atoms with Gasteiger partial charge in [0.25, 0.3) is 0 Å². The van der Waals surface area contributed by atoms with Gasteiger partial charge in [-0.1, -0.05) is 12.7 Å². The largest absolute Gasteiger partial charge is 0.335 e. The van der Waals surface area contributed by atoms with Crippen LogP contribution in [-0.4, -0.2) is 35.1 Å². The molecule has 5 rings (SSSR count). The fourth-order valence-corrected chi connectivity index (χ4v) is 3.84. The highest BCUT2D eigenvalue weighted by atomic mass is 32.1. The van der Waals surface area contributed by atoms with Crippen LogP contribution >= 0.6 is 11.3 Å². The number of imidazole rings is 1. The van der Waals surface area contributed by atoms with Crippen molar-refractivity contribution in [3.05, 3.63) is 70.1 Å². The van der Waals surface area contributed by atoms with Crippen LogP contribution in [0, 0.1) is 0 Å². The van der Waals surface area contributed by atoms with Gasteiger partial charge in [0, 0.05) is 29.4 Å². The van der Waals surface area contributed by atoms with E-state index in [-0.39, 0.29) is 0 Å². The Hall–Kier alpha value is -3.91. The normalized spacial score (nSPS) is 12.7. The third kappa shape index (κ3) is 3.23. The SMILES string of the molecule is C=c1c(-c2nc3c(-c4ccsc4)cncc3[nH]2)n[nH]/c1=C/C=C(\C)c1cnccn1. The van der Waals surface area contributed by atoms with Gasteiger partial charge < -0.3 is 4.98 Å². The van der Waals surface area contributed by atoms with Crippen molar-refractivity contribution in [1.29, 1.82) is 0 Å². The van der Waals surface area contributed by atoms with Crippen molar-refractivity contribution >= 4 is 40.6 Å². The Kier molecular flexibility index (Phi) is 4.53. The molecule has 0 fully saturated rings. The van der Waals surface area contributed by atoms with E-state index in [2.05, 4.69) is 48.2 Å². The van der Waals surface area contributed by atoms with Crippen LogP contribution < -0.4 is 10.6 Å². The Morgan fingerprint density at radius 2 is 2.10 bits per heavy atom. The van der Waals surface area contributed by atoms with Crippen LogP contribution in [0.25, 0.3) is 51.9 Å². The molecule has 146 valence electrons. The Morgan fingerprint density at radius 1 is 1.17 bits per heavy atom. The van der Waals surface area contributed by atoms with E-state index in [1.54, 1.807) is 36.1 Å². The summed E-state index contributed by atoms with van der Waals surface area (Å²) >= 11 is 1.65. The van der Waals surface area contributed by atoms with E-state index >= 15 is 0 Å². The Morgan fingerprint density at radius 3 is 2.90 bits per heavy atom. The maximum Gasteiger partial charge on any atom is 0.159 e. The molecule has 5 aromatic heterocycles. The summed E-state index contributed by atoms with van der Waals surface area (Å²) in [7, 11) is 0. The first-order valence-electron chi connectivity index (χ1n) is 9.25. The molecule has 7 nitrogen and oxygen atoms in total. The van der Waals surface area contributed by atoms with Crippen molar-refractivity contribution in [1.82, 2.24) is 35.1 Å². The minimum Gasteiger partial charge on any atom is -0.335 e. The zero-order valence-electron chi connectivity index (χ0n) is 16.1. The highest BCUT2D eigenvalue weighted by Crippen LogP contribution is 2.29. The molecule has 0 saturated carbocycles. The van der Waals surface area contributed by atoms with Gasteiger partial charge in [-0.05, 0) is 41.0 Å². The highest BCUT2D eigenvalue weighted by Gasteiger charge is 2.13. The summed E-state index contributed by atoms with van der Waals surface area (Å²) in [6, 6.07) is 2.07. The van der Waals surface area contributed by atoms with E-state index in [1.807, 2.05) is 30.7 Å². The predicted octanol–water partition coefficient (Wildman–Crippen LogP) is 3.16. The number of allylic oxidation sites excluding steroid dienone is 2. The van der Waals surface area contributed by atoms with Gasteiger partial charge >= 0.3 is 0 Å². The fraction of sp³-hybridized carbons (Fsp3) is 0.0455. The smallest absolute Gasteiger partial charge is 0.159 e. The molecule has 5 aromatic rings. The zero-order chi connectivity index (χ0) is 20.5. The lowest BCUT2D eigenvalue weighted by Gasteiger charge is -1.97. The third-order valence-corrected chi connectivity index (χ3v) is 5.50. The van der Waals surface area contributed by atoms with Crippen LogP contribution in [0.15, 0.2) is 53.9 Å². The summed E-state index contributed by atoms with van der Waals surface area (Å²) < 4.78 is 0. The van der Waals surface area contributed by atoms with Crippen LogP contribution in [-0.2, 0) is 0 Å². The number of hydrogen-bond donors (Lipinski definition) is 2. The van der Waals surface area contributed by atoms with Crippen LogP contribution in [0.4, 0.5) is 0 Å². The van der Waals surface area contributed by atoms with Gasteiger partial charge in [0.1, 0.15) is 11.2 Å². The van der Waals surface area contributed by atoms with Crippen LogP contribution in [0.2, 0.25) is 0 Å². The molecular formula is C22H17N7S. The topological polar surface area (TPSA) is 96.0 Å². The monoisotopic (exact) mass is 411 g/mol. The number of aromatic nitrogens is 7. The van der Waals surface area contributed by atoms with Crippen LogP contribution in [0.1, 0.15) is 12.6 Å². The Balaban J connectivity index is 1.55. The lowest BCUT2D eigenvalue weighted by atomic mass is 10.1. The van der Waals surface area contributed by atoms with Gasteiger partial charge in [-0.25, -0.2) is 4.98 Å². The van der Waals surface area contributed by atoms with Gasteiger partial charge in [-0.2, -0.15) is 16.4 Å². The molecule has 5 heterocycles. The van der Waals surface area contributed by atoms with E-state index in [0.29, 0.717) is 11.5 Å². The molecule has 0 aliphatic rings.